The average molecular weight is 264 g/mol. The lowest BCUT2D eigenvalue weighted by atomic mass is 10.3. The van der Waals surface area contributed by atoms with Crippen molar-refractivity contribution in [2.45, 2.75) is 36.3 Å². The van der Waals surface area contributed by atoms with E-state index in [9.17, 15) is 0 Å². The van der Waals surface area contributed by atoms with Gasteiger partial charge in [0.15, 0.2) is 0 Å². The Bertz CT molecular complexity index is 441. The number of aromatic nitrogens is 2. The van der Waals surface area contributed by atoms with E-state index in [1.807, 2.05) is 24.9 Å². The first kappa shape index (κ1) is 12.1. The van der Waals surface area contributed by atoms with Crippen molar-refractivity contribution in [2.24, 2.45) is 0 Å². The molecule has 2 aliphatic rings. The third-order valence-electron chi connectivity index (χ3n) is 3.77. The zero-order chi connectivity index (χ0) is 12.6. The molecule has 0 amide bonds. The van der Waals surface area contributed by atoms with E-state index in [1.165, 1.54) is 25.7 Å². The highest BCUT2D eigenvalue weighted by Crippen LogP contribution is 2.47. The van der Waals surface area contributed by atoms with Gasteiger partial charge in [0.1, 0.15) is 17.5 Å². The van der Waals surface area contributed by atoms with E-state index < -0.39 is 0 Å². The molecule has 0 bridgehead atoms. The van der Waals surface area contributed by atoms with Crippen LogP contribution in [0.25, 0.3) is 0 Å². The summed E-state index contributed by atoms with van der Waals surface area (Å²) in [6.45, 7) is 1.01. The minimum atomic E-state index is 0.463. The molecule has 3 rings (SSSR count). The maximum atomic E-state index is 4.64. The SMILES string of the molecule is CNc1cc(NCC2(SC)CC2)nc(C2CC2)n1. The minimum Gasteiger partial charge on any atom is -0.373 e. The van der Waals surface area contributed by atoms with E-state index in [0.29, 0.717) is 10.7 Å². The average Bonchev–Trinajstić information content (AvgIpc) is 3.30. The summed E-state index contributed by atoms with van der Waals surface area (Å²) < 4.78 is 0.463. The number of hydrogen-bond donors (Lipinski definition) is 2. The Morgan fingerprint density at radius 2 is 2.06 bits per heavy atom. The number of hydrogen-bond acceptors (Lipinski definition) is 5. The van der Waals surface area contributed by atoms with E-state index in [0.717, 1.165) is 24.0 Å². The molecule has 4 nitrogen and oxygen atoms in total. The van der Waals surface area contributed by atoms with Crippen LogP contribution >= 0.6 is 11.8 Å². The first-order valence-corrected chi connectivity index (χ1v) is 7.83. The van der Waals surface area contributed by atoms with Crippen molar-refractivity contribution in [3.63, 3.8) is 0 Å². The summed E-state index contributed by atoms with van der Waals surface area (Å²) in [6.07, 6.45) is 7.31. The summed E-state index contributed by atoms with van der Waals surface area (Å²) in [4.78, 5) is 9.16. The molecule has 2 saturated carbocycles. The van der Waals surface area contributed by atoms with Gasteiger partial charge in [-0.25, -0.2) is 9.97 Å². The van der Waals surface area contributed by atoms with Gasteiger partial charge < -0.3 is 10.6 Å². The van der Waals surface area contributed by atoms with Gasteiger partial charge in [-0.1, -0.05) is 0 Å². The third kappa shape index (κ3) is 2.55. The molecule has 1 heterocycles. The number of anilines is 2. The van der Waals surface area contributed by atoms with Gasteiger partial charge in [0.05, 0.1) is 0 Å². The fourth-order valence-corrected chi connectivity index (χ4v) is 2.78. The van der Waals surface area contributed by atoms with Crippen molar-refractivity contribution in [2.75, 3.05) is 30.5 Å². The van der Waals surface area contributed by atoms with Crippen LogP contribution in [-0.4, -0.2) is 34.6 Å². The Labute approximate surface area is 112 Å². The van der Waals surface area contributed by atoms with Crippen LogP contribution in [0, 0.1) is 0 Å². The molecular formula is C13H20N4S. The normalized spacial score (nSPS) is 20.6. The minimum absolute atomic E-state index is 0.463. The van der Waals surface area contributed by atoms with E-state index in [1.54, 1.807) is 0 Å². The summed E-state index contributed by atoms with van der Waals surface area (Å²) in [5.41, 5.74) is 0. The van der Waals surface area contributed by atoms with E-state index in [4.69, 9.17) is 0 Å². The highest BCUT2D eigenvalue weighted by molar-refractivity contribution is 8.00. The van der Waals surface area contributed by atoms with Gasteiger partial charge in [-0.15, -0.1) is 0 Å². The molecule has 0 aromatic carbocycles. The second-order valence-electron chi connectivity index (χ2n) is 5.26. The molecule has 1 aromatic rings. The molecule has 2 fully saturated rings. The summed E-state index contributed by atoms with van der Waals surface area (Å²) in [6, 6.07) is 2.00. The molecule has 0 radical (unpaired) electrons. The Morgan fingerprint density at radius 1 is 1.33 bits per heavy atom. The molecule has 2 aliphatic carbocycles. The van der Waals surface area contributed by atoms with Crippen LogP contribution in [0.2, 0.25) is 0 Å². The predicted molar refractivity (Wildman–Crippen MR) is 77.5 cm³/mol. The van der Waals surface area contributed by atoms with Crippen LogP contribution in [0.5, 0.6) is 0 Å². The smallest absolute Gasteiger partial charge is 0.136 e. The number of thioether (sulfide) groups is 1. The van der Waals surface area contributed by atoms with Crippen LogP contribution < -0.4 is 10.6 Å². The lowest BCUT2D eigenvalue weighted by Gasteiger charge is -2.14. The van der Waals surface area contributed by atoms with Gasteiger partial charge >= 0.3 is 0 Å². The van der Waals surface area contributed by atoms with Gasteiger partial charge in [0.2, 0.25) is 0 Å². The van der Waals surface area contributed by atoms with Gasteiger partial charge in [0, 0.05) is 30.3 Å². The quantitative estimate of drug-likeness (QED) is 0.827. The van der Waals surface area contributed by atoms with Crippen LogP contribution in [-0.2, 0) is 0 Å². The van der Waals surface area contributed by atoms with Crippen molar-refractivity contribution < 1.29 is 0 Å². The predicted octanol–water partition coefficient (Wildman–Crippen LogP) is 2.70. The second-order valence-corrected chi connectivity index (χ2v) is 6.54. The first-order valence-electron chi connectivity index (χ1n) is 6.60. The number of nitrogens with one attached hydrogen (secondary N) is 2. The molecule has 2 N–H and O–H groups in total. The lowest BCUT2D eigenvalue weighted by molar-refractivity contribution is 0.900. The molecule has 0 unspecified atom stereocenters. The van der Waals surface area contributed by atoms with Crippen molar-refractivity contribution in [3.05, 3.63) is 11.9 Å². The fourth-order valence-electron chi connectivity index (χ4n) is 2.05. The van der Waals surface area contributed by atoms with Crippen LogP contribution in [0.15, 0.2) is 6.07 Å². The molecule has 1 aromatic heterocycles. The third-order valence-corrected chi connectivity index (χ3v) is 5.19. The maximum Gasteiger partial charge on any atom is 0.136 e. The van der Waals surface area contributed by atoms with Gasteiger partial charge in [0.25, 0.3) is 0 Å². The number of nitrogens with zero attached hydrogens (tertiary/aromatic N) is 2. The van der Waals surface area contributed by atoms with Gasteiger partial charge in [-0.3, -0.25) is 0 Å². The highest BCUT2D eigenvalue weighted by atomic mass is 32.2. The monoisotopic (exact) mass is 264 g/mol. The van der Waals surface area contributed by atoms with Crippen LogP contribution in [0.1, 0.15) is 37.4 Å². The Balaban J connectivity index is 1.72. The molecule has 0 atom stereocenters. The van der Waals surface area contributed by atoms with Crippen molar-refractivity contribution in [3.8, 4) is 0 Å². The standard InChI is InChI=1S/C13H20N4S/c1-14-10-7-11(15-8-13(18-2)5-6-13)17-12(16-10)9-3-4-9/h7,9H,3-6,8H2,1-2H3,(H2,14,15,16,17). The molecule has 0 spiro atoms. The Hall–Kier alpha value is -0.970. The molecular weight excluding hydrogens is 244 g/mol. The fraction of sp³-hybridized carbons (Fsp3) is 0.692. The van der Waals surface area contributed by atoms with E-state index in [2.05, 4.69) is 26.9 Å². The summed E-state index contributed by atoms with van der Waals surface area (Å²) in [7, 11) is 1.91. The molecule has 0 aliphatic heterocycles. The highest BCUT2D eigenvalue weighted by Gasteiger charge is 2.41. The topological polar surface area (TPSA) is 49.8 Å². The van der Waals surface area contributed by atoms with Crippen LogP contribution in [0.3, 0.4) is 0 Å². The van der Waals surface area contributed by atoms with Crippen molar-refractivity contribution in [1.82, 2.24) is 9.97 Å². The molecule has 18 heavy (non-hydrogen) atoms. The second kappa shape index (κ2) is 4.61. The van der Waals surface area contributed by atoms with E-state index >= 15 is 0 Å². The Morgan fingerprint density at radius 3 is 2.61 bits per heavy atom. The van der Waals surface area contributed by atoms with Gasteiger partial charge in [-0.2, -0.15) is 11.8 Å². The van der Waals surface area contributed by atoms with Crippen molar-refractivity contribution >= 4 is 23.4 Å². The molecule has 5 heteroatoms. The maximum absolute atomic E-state index is 4.64. The summed E-state index contributed by atoms with van der Waals surface area (Å²) in [5, 5.41) is 6.61. The zero-order valence-electron chi connectivity index (χ0n) is 11.0. The number of rotatable bonds is 6. The first-order chi connectivity index (χ1) is 8.74. The largest absolute Gasteiger partial charge is 0.373 e. The summed E-state index contributed by atoms with van der Waals surface area (Å²) >= 11 is 1.97. The van der Waals surface area contributed by atoms with Crippen LogP contribution in [0.4, 0.5) is 11.6 Å². The lowest BCUT2D eigenvalue weighted by Crippen LogP contribution is -2.18. The Kier molecular flexibility index (Phi) is 3.09. The molecule has 0 saturated heterocycles. The summed E-state index contributed by atoms with van der Waals surface area (Å²) in [5.74, 6) is 3.48. The van der Waals surface area contributed by atoms with Gasteiger partial charge in [-0.05, 0) is 31.9 Å². The zero-order valence-corrected chi connectivity index (χ0v) is 11.8. The molecule has 98 valence electrons. The van der Waals surface area contributed by atoms with Crippen molar-refractivity contribution in [1.29, 1.82) is 0 Å². The van der Waals surface area contributed by atoms with E-state index in [-0.39, 0.29) is 0 Å².